The molecule has 0 aliphatic heterocycles. The highest BCUT2D eigenvalue weighted by Crippen LogP contribution is 2.27. The maximum Gasteiger partial charge on any atom is 0.390 e. The summed E-state index contributed by atoms with van der Waals surface area (Å²) in [4.78, 5) is 12.1. The van der Waals surface area contributed by atoms with Gasteiger partial charge in [-0.25, -0.2) is 4.68 Å². The van der Waals surface area contributed by atoms with Crippen molar-refractivity contribution in [3.8, 4) is 0 Å². The molecular formula is C12H15BrF3N3O. The van der Waals surface area contributed by atoms with Gasteiger partial charge >= 0.3 is 6.18 Å². The molecule has 1 heterocycles. The van der Waals surface area contributed by atoms with E-state index in [0.717, 1.165) is 19.3 Å². The average molecular weight is 354 g/mol. The maximum atomic E-state index is 12.1. The van der Waals surface area contributed by atoms with Crippen molar-refractivity contribution in [3.05, 3.63) is 21.0 Å². The minimum atomic E-state index is -4.24. The third-order valence-corrected chi connectivity index (χ3v) is 3.96. The van der Waals surface area contributed by atoms with Gasteiger partial charge in [-0.05, 0) is 34.7 Å². The van der Waals surface area contributed by atoms with Gasteiger partial charge < -0.3 is 5.32 Å². The second kappa shape index (κ2) is 6.15. The Morgan fingerprint density at radius 1 is 1.45 bits per heavy atom. The van der Waals surface area contributed by atoms with Gasteiger partial charge in [-0.1, -0.05) is 6.42 Å². The van der Waals surface area contributed by atoms with Gasteiger partial charge in [0.2, 0.25) is 0 Å². The summed E-state index contributed by atoms with van der Waals surface area (Å²) < 4.78 is 38.1. The number of rotatable bonds is 5. The van der Waals surface area contributed by atoms with E-state index >= 15 is 0 Å². The van der Waals surface area contributed by atoms with Crippen molar-refractivity contribution in [3.63, 3.8) is 0 Å². The van der Waals surface area contributed by atoms with Crippen molar-refractivity contribution in [2.24, 2.45) is 5.92 Å². The molecule has 2 rings (SSSR count). The van der Waals surface area contributed by atoms with Crippen LogP contribution in [0.3, 0.4) is 0 Å². The average Bonchev–Trinajstić information content (AvgIpc) is 2.29. The summed E-state index contributed by atoms with van der Waals surface area (Å²) in [6, 6.07) is 0. The molecule has 0 spiro atoms. The van der Waals surface area contributed by atoms with Crippen LogP contribution in [0.2, 0.25) is 0 Å². The second-order valence-electron chi connectivity index (χ2n) is 4.94. The standard InChI is InChI=1S/C12H15BrF3N3O/c13-9-6-18-19(7-8-2-1-3-8)11(20)10(9)17-5-4-12(14,15)16/h6,8,17H,1-5,7H2. The van der Waals surface area contributed by atoms with Crippen LogP contribution >= 0.6 is 15.9 Å². The Balaban J connectivity index is 2.06. The number of aromatic nitrogens is 2. The van der Waals surface area contributed by atoms with Crippen LogP contribution in [0.15, 0.2) is 15.5 Å². The lowest BCUT2D eigenvalue weighted by Crippen LogP contribution is -2.31. The van der Waals surface area contributed by atoms with Crippen molar-refractivity contribution in [2.75, 3.05) is 11.9 Å². The summed E-state index contributed by atoms with van der Waals surface area (Å²) in [5.74, 6) is 0.449. The molecule has 1 N–H and O–H groups in total. The molecule has 112 valence electrons. The number of halogens is 4. The van der Waals surface area contributed by atoms with Crippen molar-refractivity contribution >= 4 is 21.6 Å². The predicted octanol–water partition coefficient (Wildman–Crippen LogP) is 3.17. The predicted molar refractivity (Wildman–Crippen MR) is 72.7 cm³/mol. The number of hydrogen-bond acceptors (Lipinski definition) is 3. The highest BCUT2D eigenvalue weighted by molar-refractivity contribution is 9.10. The van der Waals surface area contributed by atoms with Gasteiger partial charge in [0.25, 0.3) is 5.56 Å². The first kappa shape index (κ1) is 15.3. The fraction of sp³-hybridized carbons (Fsp3) is 0.667. The molecule has 0 amide bonds. The van der Waals surface area contributed by atoms with Gasteiger partial charge in [-0.3, -0.25) is 4.79 Å². The lowest BCUT2D eigenvalue weighted by Gasteiger charge is -2.25. The summed E-state index contributed by atoms with van der Waals surface area (Å²) in [5.41, 5.74) is -0.239. The molecular weight excluding hydrogens is 339 g/mol. The number of alkyl halides is 3. The zero-order valence-corrected chi connectivity index (χ0v) is 12.3. The Labute approximate surface area is 122 Å². The first-order chi connectivity index (χ1) is 9.37. The third kappa shape index (κ3) is 3.97. The number of hydrogen-bond donors (Lipinski definition) is 1. The van der Waals surface area contributed by atoms with E-state index < -0.39 is 12.6 Å². The van der Waals surface area contributed by atoms with E-state index in [4.69, 9.17) is 0 Å². The van der Waals surface area contributed by atoms with Gasteiger partial charge in [0.1, 0.15) is 5.69 Å². The molecule has 20 heavy (non-hydrogen) atoms. The van der Waals surface area contributed by atoms with E-state index in [0.29, 0.717) is 16.9 Å². The van der Waals surface area contributed by atoms with Gasteiger partial charge in [-0.2, -0.15) is 18.3 Å². The van der Waals surface area contributed by atoms with E-state index in [2.05, 4.69) is 26.3 Å². The smallest absolute Gasteiger partial charge is 0.379 e. The summed E-state index contributed by atoms with van der Waals surface area (Å²) >= 11 is 3.14. The van der Waals surface area contributed by atoms with E-state index in [9.17, 15) is 18.0 Å². The Morgan fingerprint density at radius 2 is 2.15 bits per heavy atom. The van der Waals surface area contributed by atoms with Crippen LogP contribution in [0.25, 0.3) is 0 Å². The Bertz CT molecular complexity index is 526. The first-order valence-corrected chi connectivity index (χ1v) is 7.22. The fourth-order valence-electron chi connectivity index (χ4n) is 2.01. The van der Waals surface area contributed by atoms with Gasteiger partial charge in [0.15, 0.2) is 0 Å². The highest BCUT2D eigenvalue weighted by Gasteiger charge is 2.26. The lowest BCUT2D eigenvalue weighted by atomic mass is 9.85. The molecule has 1 aromatic heterocycles. The van der Waals surface area contributed by atoms with Gasteiger partial charge in [0, 0.05) is 13.1 Å². The zero-order valence-electron chi connectivity index (χ0n) is 10.7. The third-order valence-electron chi connectivity index (χ3n) is 3.36. The summed E-state index contributed by atoms with van der Waals surface area (Å²) in [7, 11) is 0. The zero-order chi connectivity index (χ0) is 14.8. The first-order valence-electron chi connectivity index (χ1n) is 6.43. The van der Waals surface area contributed by atoms with Crippen molar-refractivity contribution in [1.29, 1.82) is 0 Å². The van der Waals surface area contributed by atoms with Crippen LogP contribution in [0.5, 0.6) is 0 Å². The molecule has 0 bridgehead atoms. The molecule has 1 aliphatic carbocycles. The van der Waals surface area contributed by atoms with Crippen LogP contribution in [-0.2, 0) is 6.54 Å². The molecule has 1 saturated carbocycles. The Morgan fingerprint density at radius 3 is 2.70 bits per heavy atom. The van der Waals surface area contributed by atoms with Crippen LogP contribution in [-0.4, -0.2) is 22.5 Å². The number of anilines is 1. The van der Waals surface area contributed by atoms with Crippen molar-refractivity contribution in [1.82, 2.24) is 9.78 Å². The topological polar surface area (TPSA) is 46.9 Å². The molecule has 0 saturated heterocycles. The monoisotopic (exact) mass is 353 g/mol. The molecule has 1 fully saturated rings. The Kier molecular flexibility index (Phi) is 4.72. The molecule has 1 aliphatic rings. The lowest BCUT2D eigenvalue weighted by molar-refractivity contribution is -0.131. The normalized spacial score (nSPS) is 16.0. The maximum absolute atomic E-state index is 12.1. The van der Waals surface area contributed by atoms with Crippen molar-refractivity contribution < 1.29 is 13.2 Å². The summed E-state index contributed by atoms with van der Waals surface area (Å²) in [6.07, 6.45) is -0.480. The summed E-state index contributed by atoms with van der Waals surface area (Å²) in [6.45, 7) is 0.199. The van der Waals surface area contributed by atoms with E-state index in [-0.39, 0.29) is 17.8 Å². The molecule has 0 unspecified atom stereocenters. The van der Waals surface area contributed by atoms with E-state index in [1.165, 1.54) is 10.9 Å². The highest BCUT2D eigenvalue weighted by atomic mass is 79.9. The van der Waals surface area contributed by atoms with E-state index in [1.54, 1.807) is 0 Å². The van der Waals surface area contributed by atoms with Gasteiger partial charge in [-0.15, -0.1) is 0 Å². The molecule has 1 aromatic rings. The molecule has 4 nitrogen and oxygen atoms in total. The van der Waals surface area contributed by atoms with Crippen LogP contribution in [0.1, 0.15) is 25.7 Å². The fourth-order valence-corrected chi connectivity index (χ4v) is 2.41. The van der Waals surface area contributed by atoms with Gasteiger partial charge in [0.05, 0.1) is 17.1 Å². The number of nitrogens with one attached hydrogen (secondary N) is 1. The van der Waals surface area contributed by atoms with Crippen LogP contribution < -0.4 is 10.9 Å². The molecule has 0 radical (unpaired) electrons. The quantitative estimate of drug-likeness (QED) is 0.884. The molecule has 0 atom stereocenters. The Hall–Kier alpha value is -1.05. The van der Waals surface area contributed by atoms with Crippen LogP contribution in [0.4, 0.5) is 18.9 Å². The SMILES string of the molecule is O=c1c(NCCC(F)(F)F)c(Br)cnn1CC1CCC1. The molecule has 0 aromatic carbocycles. The number of nitrogens with zero attached hydrogens (tertiary/aromatic N) is 2. The van der Waals surface area contributed by atoms with E-state index in [1.807, 2.05) is 0 Å². The largest absolute Gasteiger partial charge is 0.390 e. The van der Waals surface area contributed by atoms with Crippen molar-refractivity contribution in [2.45, 2.75) is 38.4 Å². The minimum absolute atomic E-state index is 0.142. The van der Waals surface area contributed by atoms with Crippen LogP contribution in [0, 0.1) is 5.92 Å². The molecule has 8 heteroatoms. The summed E-state index contributed by atoms with van der Waals surface area (Å²) in [5, 5.41) is 6.56. The second-order valence-corrected chi connectivity index (χ2v) is 5.80. The minimum Gasteiger partial charge on any atom is -0.379 e.